The van der Waals surface area contributed by atoms with Crippen LogP contribution in [0.3, 0.4) is 0 Å². The molecule has 2 aromatic rings. The van der Waals surface area contributed by atoms with Crippen LogP contribution in [0.2, 0.25) is 0 Å². The molecule has 0 aliphatic carbocycles. The van der Waals surface area contributed by atoms with E-state index in [4.69, 9.17) is 4.74 Å². The van der Waals surface area contributed by atoms with E-state index in [2.05, 4.69) is 9.82 Å². The fourth-order valence-corrected chi connectivity index (χ4v) is 2.82. The smallest absolute Gasteiger partial charge is 0.266 e. The van der Waals surface area contributed by atoms with Gasteiger partial charge in [0.2, 0.25) is 10.0 Å². The second-order valence-corrected chi connectivity index (χ2v) is 8.05. The highest BCUT2D eigenvalue weighted by atomic mass is 32.2. The summed E-state index contributed by atoms with van der Waals surface area (Å²) in [6.45, 7) is 5.97. The maximum Gasteiger partial charge on any atom is 0.266 e. The topological polar surface area (TPSA) is 90.3 Å². The average molecular weight is 365 g/mol. The molecule has 0 bridgehead atoms. The van der Waals surface area contributed by atoms with Gasteiger partial charge in [-0.05, 0) is 51.1 Å². The van der Waals surface area contributed by atoms with Crippen LogP contribution in [0.5, 0.6) is 5.75 Å². The molecular weight excluding hydrogens is 342 g/mol. The number of nitrogens with one attached hydrogen (secondary N) is 1. The third-order valence-corrected chi connectivity index (χ3v) is 5.42. The number of hydrogen-bond donors (Lipinski definition) is 1. The Morgan fingerprint density at radius 1 is 1.16 bits per heavy atom. The van der Waals surface area contributed by atoms with Crippen molar-refractivity contribution in [1.29, 1.82) is 0 Å². The molecule has 0 fully saturated rings. The van der Waals surface area contributed by atoms with Gasteiger partial charge in [-0.3, -0.25) is 4.79 Å². The van der Waals surface area contributed by atoms with Crippen molar-refractivity contribution in [2.45, 2.75) is 32.6 Å². The molecule has 0 saturated carbocycles. The second-order valence-electron chi connectivity index (χ2n) is 5.73. The van der Waals surface area contributed by atoms with Crippen LogP contribution in [-0.2, 0) is 16.6 Å². The molecule has 8 heteroatoms. The van der Waals surface area contributed by atoms with Crippen molar-refractivity contribution < 1.29 is 13.2 Å². The Hall–Kier alpha value is -2.19. The molecule has 0 radical (unpaired) electrons. The van der Waals surface area contributed by atoms with E-state index in [1.165, 1.54) is 10.7 Å². The molecule has 0 unspecified atom stereocenters. The van der Waals surface area contributed by atoms with E-state index >= 15 is 0 Å². The fraction of sp³-hybridized carbons (Fsp3) is 0.412. The molecule has 0 amide bonds. The standard InChI is InChI=1S/C17H23N3O4S/c1-4-24-15-7-5-14(6-8-15)16-9-10-17(21)20(19-16)12-11-18-25(22,23)13(2)3/h5-10,13,18H,4,11-12H2,1-3H3. The van der Waals surface area contributed by atoms with E-state index in [1.807, 2.05) is 31.2 Å². The zero-order valence-electron chi connectivity index (χ0n) is 14.6. The molecular formula is C17H23N3O4S. The zero-order chi connectivity index (χ0) is 18.4. The minimum absolute atomic E-state index is 0.111. The van der Waals surface area contributed by atoms with Crippen LogP contribution in [0.1, 0.15) is 20.8 Å². The molecule has 1 aromatic carbocycles. The Kier molecular flexibility index (Phi) is 6.33. The van der Waals surface area contributed by atoms with Gasteiger partial charge in [0.15, 0.2) is 0 Å². The van der Waals surface area contributed by atoms with Gasteiger partial charge in [0, 0.05) is 18.2 Å². The predicted molar refractivity (Wildman–Crippen MR) is 97.2 cm³/mol. The van der Waals surface area contributed by atoms with Crippen molar-refractivity contribution in [3.8, 4) is 17.0 Å². The first-order valence-corrected chi connectivity index (χ1v) is 9.68. The Morgan fingerprint density at radius 3 is 2.44 bits per heavy atom. The van der Waals surface area contributed by atoms with Crippen molar-refractivity contribution >= 4 is 10.0 Å². The number of aromatic nitrogens is 2. The van der Waals surface area contributed by atoms with Crippen LogP contribution < -0.4 is 15.0 Å². The zero-order valence-corrected chi connectivity index (χ0v) is 15.4. The van der Waals surface area contributed by atoms with Crippen LogP contribution in [0, 0.1) is 0 Å². The molecule has 25 heavy (non-hydrogen) atoms. The minimum Gasteiger partial charge on any atom is -0.494 e. The SMILES string of the molecule is CCOc1ccc(-c2ccc(=O)n(CCNS(=O)(=O)C(C)C)n2)cc1. The number of ether oxygens (including phenoxy) is 1. The first kappa shape index (κ1) is 19.1. The van der Waals surface area contributed by atoms with E-state index < -0.39 is 15.3 Å². The highest BCUT2D eigenvalue weighted by Crippen LogP contribution is 2.19. The van der Waals surface area contributed by atoms with Crippen molar-refractivity contribution in [3.63, 3.8) is 0 Å². The van der Waals surface area contributed by atoms with E-state index in [9.17, 15) is 13.2 Å². The van der Waals surface area contributed by atoms with Crippen LogP contribution in [0.15, 0.2) is 41.2 Å². The maximum atomic E-state index is 11.9. The molecule has 2 rings (SSSR count). The Morgan fingerprint density at radius 2 is 1.84 bits per heavy atom. The number of hydrogen-bond acceptors (Lipinski definition) is 5. The van der Waals surface area contributed by atoms with Crippen molar-refractivity contribution in [1.82, 2.24) is 14.5 Å². The van der Waals surface area contributed by atoms with Gasteiger partial charge in [0.1, 0.15) is 5.75 Å². The number of sulfonamides is 1. The highest BCUT2D eigenvalue weighted by Gasteiger charge is 2.14. The Labute approximate surface area is 147 Å². The monoisotopic (exact) mass is 365 g/mol. The van der Waals surface area contributed by atoms with Gasteiger partial charge < -0.3 is 4.74 Å². The van der Waals surface area contributed by atoms with Crippen LogP contribution >= 0.6 is 0 Å². The normalized spacial score (nSPS) is 11.7. The molecule has 0 atom stereocenters. The first-order valence-electron chi connectivity index (χ1n) is 8.13. The summed E-state index contributed by atoms with van der Waals surface area (Å²) in [5, 5.41) is 3.79. The average Bonchev–Trinajstić information content (AvgIpc) is 2.57. The Bertz CT molecular complexity index is 858. The number of rotatable bonds is 8. The minimum atomic E-state index is -3.36. The lowest BCUT2D eigenvalue weighted by molar-refractivity contribution is 0.340. The molecule has 0 aliphatic heterocycles. The summed E-state index contributed by atoms with van der Waals surface area (Å²) in [4.78, 5) is 11.9. The van der Waals surface area contributed by atoms with Crippen molar-refractivity contribution in [2.24, 2.45) is 0 Å². The Balaban J connectivity index is 2.13. The molecule has 1 heterocycles. The molecule has 1 aromatic heterocycles. The van der Waals surface area contributed by atoms with Crippen LogP contribution in [0.4, 0.5) is 0 Å². The molecule has 0 aliphatic rings. The third kappa shape index (κ3) is 5.14. The van der Waals surface area contributed by atoms with Crippen molar-refractivity contribution in [2.75, 3.05) is 13.2 Å². The summed E-state index contributed by atoms with van der Waals surface area (Å²) in [6, 6.07) is 10.5. The summed E-state index contributed by atoms with van der Waals surface area (Å²) in [6.07, 6.45) is 0. The molecule has 136 valence electrons. The van der Waals surface area contributed by atoms with Gasteiger partial charge in [-0.1, -0.05) is 0 Å². The summed E-state index contributed by atoms with van der Waals surface area (Å²) in [5.74, 6) is 0.766. The quantitative estimate of drug-likeness (QED) is 0.768. The van der Waals surface area contributed by atoms with E-state index in [-0.39, 0.29) is 18.6 Å². The van der Waals surface area contributed by atoms with Gasteiger partial charge in [0.05, 0.1) is 24.1 Å². The summed E-state index contributed by atoms with van der Waals surface area (Å²) in [5.41, 5.74) is 1.20. The van der Waals surface area contributed by atoms with E-state index in [0.29, 0.717) is 12.3 Å². The number of nitrogens with zero attached hydrogens (tertiary/aromatic N) is 2. The third-order valence-electron chi connectivity index (χ3n) is 3.58. The summed E-state index contributed by atoms with van der Waals surface area (Å²) < 4.78 is 32.6. The van der Waals surface area contributed by atoms with Gasteiger partial charge in [-0.15, -0.1) is 0 Å². The molecule has 0 saturated heterocycles. The fourth-order valence-electron chi connectivity index (χ4n) is 2.11. The molecule has 7 nitrogen and oxygen atoms in total. The first-order chi connectivity index (χ1) is 11.8. The van der Waals surface area contributed by atoms with Gasteiger partial charge in [0.25, 0.3) is 5.56 Å². The lowest BCUT2D eigenvalue weighted by atomic mass is 10.1. The lowest BCUT2D eigenvalue weighted by Crippen LogP contribution is -2.35. The largest absolute Gasteiger partial charge is 0.494 e. The number of benzene rings is 1. The predicted octanol–water partition coefficient (Wildman–Crippen LogP) is 1.64. The maximum absolute atomic E-state index is 11.9. The van der Waals surface area contributed by atoms with Crippen molar-refractivity contribution in [3.05, 3.63) is 46.8 Å². The van der Waals surface area contributed by atoms with E-state index in [1.54, 1.807) is 19.9 Å². The second kappa shape index (κ2) is 8.26. The summed E-state index contributed by atoms with van der Waals surface area (Å²) in [7, 11) is -3.36. The molecule has 1 N–H and O–H groups in total. The summed E-state index contributed by atoms with van der Waals surface area (Å²) >= 11 is 0. The molecule has 0 spiro atoms. The van der Waals surface area contributed by atoms with E-state index in [0.717, 1.165) is 11.3 Å². The van der Waals surface area contributed by atoms with Gasteiger partial charge in [-0.2, -0.15) is 5.10 Å². The highest BCUT2D eigenvalue weighted by molar-refractivity contribution is 7.90. The van der Waals surface area contributed by atoms with Crippen LogP contribution in [0.25, 0.3) is 11.3 Å². The van der Waals surface area contributed by atoms with Gasteiger partial charge in [-0.25, -0.2) is 17.8 Å². The van der Waals surface area contributed by atoms with Gasteiger partial charge >= 0.3 is 0 Å². The van der Waals surface area contributed by atoms with Crippen LogP contribution in [-0.4, -0.2) is 36.6 Å². The lowest BCUT2D eigenvalue weighted by Gasteiger charge is -2.11.